The molecule has 0 heterocycles. The molecule has 3 heteroatoms. The Labute approximate surface area is 110 Å². The molecule has 0 aliphatic heterocycles. The minimum Gasteiger partial charge on any atom is -0.320 e. The second kappa shape index (κ2) is 6.55. The van der Waals surface area contributed by atoms with Crippen LogP contribution in [0.2, 0.25) is 0 Å². The summed E-state index contributed by atoms with van der Waals surface area (Å²) in [6, 6.07) is 7.62. The highest BCUT2D eigenvalue weighted by molar-refractivity contribution is 5.96. The number of carbonyl (C=O) groups is 1. The van der Waals surface area contributed by atoms with Crippen LogP contribution in [0.5, 0.6) is 0 Å². The van der Waals surface area contributed by atoms with Crippen LogP contribution in [-0.2, 0) is 11.2 Å². The monoisotopic (exact) mass is 248 g/mol. The Morgan fingerprint density at radius 3 is 2.28 bits per heavy atom. The number of likely N-dealkylation sites (N-methyl/N-ethyl adjacent to an activating group) is 1. The lowest BCUT2D eigenvalue weighted by Crippen LogP contribution is -2.42. The van der Waals surface area contributed by atoms with Crippen LogP contribution in [-0.4, -0.2) is 19.0 Å². The zero-order valence-electron chi connectivity index (χ0n) is 11.8. The van der Waals surface area contributed by atoms with Gasteiger partial charge in [0.05, 0.1) is 6.04 Å². The maximum atomic E-state index is 12.1. The van der Waals surface area contributed by atoms with Crippen LogP contribution in [0.1, 0.15) is 32.8 Å². The fraction of sp³-hybridized carbons (Fsp3) is 0.533. The number of benzene rings is 1. The summed E-state index contributed by atoms with van der Waals surface area (Å²) < 4.78 is 0. The summed E-state index contributed by atoms with van der Waals surface area (Å²) in [5, 5.41) is 0. The van der Waals surface area contributed by atoms with E-state index in [0.29, 0.717) is 5.92 Å². The molecule has 1 amide bonds. The predicted molar refractivity (Wildman–Crippen MR) is 76.7 cm³/mol. The fourth-order valence-electron chi connectivity index (χ4n) is 1.94. The van der Waals surface area contributed by atoms with E-state index in [1.807, 2.05) is 24.3 Å². The number of anilines is 1. The first-order valence-electron chi connectivity index (χ1n) is 6.57. The SMILES string of the molecule is CCc1ccc(N(C)C(=O)[C@H](N)CC(C)C)cc1. The van der Waals surface area contributed by atoms with Crippen molar-refractivity contribution in [2.75, 3.05) is 11.9 Å². The van der Waals surface area contributed by atoms with Gasteiger partial charge >= 0.3 is 0 Å². The topological polar surface area (TPSA) is 46.3 Å². The number of nitrogens with two attached hydrogens (primary N) is 1. The Hall–Kier alpha value is -1.35. The van der Waals surface area contributed by atoms with Crippen LogP contribution < -0.4 is 10.6 Å². The summed E-state index contributed by atoms with van der Waals surface area (Å²) in [6.45, 7) is 6.26. The van der Waals surface area contributed by atoms with Crippen molar-refractivity contribution in [2.24, 2.45) is 11.7 Å². The molecule has 0 radical (unpaired) electrons. The van der Waals surface area contributed by atoms with Gasteiger partial charge in [-0.05, 0) is 36.5 Å². The van der Waals surface area contributed by atoms with Gasteiger partial charge in [-0.25, -0.2) is 0 Å². The van der Waals surface area contributed by atoms with Crippen molar-refractivity contribution in [1.29, 1.82) is 0 Å². The molecule has 0 fully saturated rings. The number of carbonyl (C=O) groups excluding carboxylic acids is 1. The maximum Gasteiger partial charge on any atom is 0.243 e. The fourth-order valence-corrected chi connectivity index (χ4v) is 1.94. The van der Waals surface area contributed by atoms with E-state index in [-0.39, 0.29) is 5.91 Å². The average molecular weight is 248 g/mol. The molecule has 1 aromatic carbocycles. The molecule has 0 bridgehead atoms. The van der Waals surface area contributed by atoms with Gasteiger partial charge in [-0.2, -0.15) is 0 Å². The summed E-state index contributed by atoms with van der Waals surface area (Å²) in [4.78, 5) is 13.8. The first-order chi connectivity index (χ1) is 8.45. The zero-order valence-corrected chi connectivity index (χ0v) is 11.8. The third kappa shape index (κ3) is 3.84. The highest BCUT2D eigenvalue weighted by atomic mass is 16.2. The maximum absolute atomic E-state index is 12.1. The van der Waals surface area contributed by atoms with Crippen LogP contribution in [0.4, 0.5) is 5.69 Å². The molecular formula is C15H24N2O. The van der Waals surface area contributed by atoms with Gasteiger partial charge in [-0.3, -0.25) is 4.79 Å². The Kier molecular flexibility index (Phi) is 5.35. The molecule has 0 saturated heterocycles. The molecule has 100 valence electrons. The van der Waals surface area contributed by atoms with E-state index in [2.05, 4.69) is 20.8 Å². The van der Waals surface area contributed by atoms with E-state index < -0.39 is 6.04 Å². The van der Waals surface area contributed by atoms with Crippen molar-refractivity contribution in [1.82, 2.24) is 0 Å². The van der Waals surface area contributed by atoms with Gasteiger partial charge in [0.25, 0.3) is 0 Å². The smallest absolute Gasteiger partial charge is 0.243 e. The van der Waals surface area contributed by atoms with Crippen molar-refractivity contribution in [3.8, 4) is 0 Å². The summed E-state index contributed by atoms with van der Waals surface area (Å²) >= 11 is 0. The lowest BCUT2D eigenvalue weighted by Gasteiger charge is -2.22. The minimum absolute atomic E-state index is 0.0204. The Balaban J connectivity index is 2.73. The van der Waals surface area contributed by atoms with Crippen molar-refractivity contribution in [2.45, 2.75) is 39.7 Å². The second-order valence-corrected chi connectivity index (χ2v) is 5.15. The largest absolute Gasteiger partial charge is 0.320 e. The number of hydrogen-bond acceptors (Lipinski definition) is 2. The van der Waals surface area contributed by atoms with Crippen LogP contribution in [0.25, 0.3) is 0 Å². The van der Waals surface area contributed by atoms with Gasteiger partial charge in [0.2, 0.25) is 5.91 Å². The molecule has 1 rings (SSSR count). The lowest BCUT2D eigenvalue weighted by molar-refractivity contribution is -0.119. The van der Waals surface area contributed by atoms with Gasteiger partial charge in [0.1, 0.15) is 0 Å². The normalized spacial score (nSPS) is 12.6. The lowest BCUT2D eigenvalue weighted by atomic mass is 10.0. The second-order valence-electron chi connectivity index (χ2n) is 5.15. The average Bonchev–Trinajstić information content (AvgIpc) is 2.36. The molecule has 0 unspecified atom stereocenters. The minimum atomic E-state index is -0.416. The predicted octanol–water partition coefficient (Wildman–Crippen LogP) is 2.59. The number of rotatable bonds is 5. The first-order valence-corrected chi connectivity index (χ1v) is 6.57. The summed E-state index contributed by atoms with van der Waals surface area (Å²) in [6.07, 6.45) is 1.72. The number of hydrogen-bond donors (Lipinski definition) is 1. The molecule has 1 aromatic rings. The number of aryl methyl sites for hydroxylation is 1. The third-order valence-electron chi connectivity index (χ3n) is 3.11. The molecule has 1 atom stereocenters. The van der Waals surface area contributed by atoms with E-state index in [0.717, 1.165) is 18.5 Å². The number of amides is 1. The van der Waals surface area contributed by atoms with E-state index in [1.165, 1.54) is 5.56 Å². The summed E-state index contributed by atoms with van der Waals surface area (Å²) in [5.74, 6) is 0.410. The van der Waals surface area contributed by atoms with Crippen LogP contribution in [0.15, 0.2) is 24.3 Å². The zero-order chi connectivity index (χ0) is 13.7. The molecular weight excluding hydrogens is 224 g/mol. The van der Waals surface area contributed by atoms with Gasteiger partial charge in [0.15, 0.2) is 0 Å². The van der Waals surface area contributed by atoms with Gasteiger partial charge in [0, 0.05) is 12.7 Å². The molecule has 0 aromatic heterocycles. The molecule has 18 heavy (non-hydrogen) atoms. The Morgan fingerprint density at radius 1 is 1.28 bits per heavy atom. The Morgan fingerprint density at radius 2 is 1.83 bits per heavy atom. The molecule has 0 aliphatic rings. The highest BCUT2D eigenvalue weighted by Gasteiger charge is 2.19. The quantitative estimate of drug-likeness (QED) is 0.870. The first kappa shape index (κ1) is 14.7. The van der Waals surface area contributed by atoms with E-state index >= 15 is 0 Å². The molecule has 0 aliphatic carbocycles. The third-order valence-corrected chi connectivity index (χ3v) is 3.11. The van der Waals surface area contributed by atoms with Crippen molar-refractivity contribution in [3.63, 3.8) is 0 Å². The Bertz CT molecular complexity index is 384. The van der Waals surface area contributed by atoms with Crippen molar-refractivity contribution in [3.05, 3.63) is 29.8 Å². The van der Waals surface area contributed by atoms with Gasteiger partial charge in [-0.1, -0.05) is 32.9 Å². The van der Waals surface area contributed by atoms with E-state index in [4.69, 9.17) is 5.73 Å². The number of nitrogens with zero attached hydrogens (tertiary/aromatic N) is 1. The molecule has 0 saturated carbocycles. The van der Waals surface area contributed by atoms with E-state index in [1.54, 1.807) is 11.9 Å². The standard InChI is InChI=1S/C15H24N2O/c1-5-12-6-8-13(9-7-12)17(4)15(18)14(16)10-11(2)3/h6-9,11,14H,5,10,16H2,1-4H3/t14-/m1/s1. The van der Waals surface area contributed by atoms with Crippen molar-refractivity contribution < 1.29 is 4.79 Å². The van der Waals surface area contributed by atoms with Crippen molar-refractivity contribution >= 4 is 11.6 Å². The summed E-state index contributed by atoms with van der Waals surface area (Å²) in [5.41, 5.74) is 8.09. The summed E-state index contributed by atoms with van der Waals surface area (Å²) in [7, 11) is 1.78. The van der Waals surface area contributed by atoms with Crippen LogP contribution >= 0.6 is 0 Å². The van der Waals surface area contributed by atoms with E-state index in [9.17, 15) is 4.79 Å². The molecule has 0 spiro atoms. The van der Waals surface area contributed by atoms with Crippen LogP contribution in [0, 0.1) is 5.92 Å². The molecule has 2 N–H and O–H groups in total. The van der Waals surface area contributed by atoms with Gasteiger partial charge in [-0.15, -0.1) is 0 Å². The molecule has 3 nitrogen and oxygen atoms in total. The highest BCUT2D eigenvalue weighted by Crippen LogP contribution is 2.16. The van der Waals surface area contributed by atoms with Crippen LogP contribution in [0.3, 0.4) is 0 Å². The van der Waals surface area contributed by atoms with Gasteiger partial charge < -0.3 is 10.6 Å².